The van der Waals surface area contributed by atoms with Crippen molar-refractivity contribution in [1.82, 2.24) is 0 Å². The molecule has 3 N–H and O–H groups in total. The molecule has 0 aliphatic heterocycles. The molecule has 0 bridgehead atoms. The zero-order valence-corrected chi connectivity index (χ0v) is 9.90. The highest BCUT2D eigenvalue weighted by Crippen LogP contribution is 2.13. The highest BCUT2D eigenvalue weighted by atomic mass is 32.2. The van der Waals surface area contributed by atoms with Gasteiger partial charge in [0.1, 0.15) is 5.54 Å². The number of aliphatic carboxylic acids is 1. The normalized spacial score (nSPS) is 15.1. The Morgan fingerprint density at radius 1 is 1.43 bits per heavy atom. The third-order valence-electron chi connectivity index (χ3n) is 2.12. The maximum Gasteiger partial charge on any atom is 0.323 e. The van der Waals surface area contributed by atoms with E-state index < -0.39 is 11.5 Å². The van der Waals surface area contributed by atoms with Gasteiger partial charge in [-0.25, -0.2) is 0 Å². The average molecular weight is 219 g/mol. The molecule has 4 heteroatoms. The molecule has 0 amide bonds. The second-order valence-corrected chi connectivity index (χ2v) is 5.02. The van der Waals surface area contributed by atoms with Gasteiger partial charge in [-0.05, 0) is 37.7 Å². The van der Waals surface area contributed by atoms with Crippen LogP contribution in [0.2, 0.25) is 0 Å². The van der Waals surface area contributed by atoms with Crippen molar-refractivity contribution in [3.05, 3.63) is 0 Å². The number of nitrogens with two attached hydrogens (primary N) is 1. The summed E-state index contributed by atoms with van der Waals surface area (Å²) in [5.74, 6) is 1.28. The maximum absolute atomic E-state index is 10.7. The molecule has 0 rings (SSSR count). The Morgan fingerprint density at radius 3 is 2.50 bits per heavy atom. The third-order valence-corrected chi connectivity index (χ3v) is 3.27. The van der Waals surface area contributed by atoms with Crippen molar-refractivity contribution in [1.29, 1.82) is 0 Å². The first-order valence-corrected chi connectivity index (χ1v) is 6.26. The van der Waals surface area contributed by atoms with E-state index in [4.69, 9.17) is 10.8 Å². The summed E-state index contributed by atoms with van der Waals surface area (Å²) in [6.45, 7) is 3.74. The predicted molar refractivity (Wildman–Crippen MR) is 61.7 cm³/mol. The van der Waals surface area contributed by atoms with E-state index in [9.17, 15) is 4.79 Å². The first-order valence-electron chi connectivity index (χ1n) is 5.10. The lowest BCUT2D eigenvalue weighted by Crippen LogP contribution is -2.44. The molecule has 0 aromatic heterocycles. The molecule has 0 saturated heterocycles. The predicted octanol–water partition coefficient (Wildman–Crippen LogP) is 2.10. The van der Waals surface area contributed by atoms with Crippen LogP contribution in [0.1, 0.15) is 39.5 Å². The topological polar surface area (TPSA) is 63.3 Å². The van der Waals surface area contributed by atoms with E-state index in [-0.39, 0.29) is 0 Å². The molecule has 1 unspecified atom stereocenters. The SMILES string of the molecule is CCCCSCCCC(C)(N)C(=O)O. The van der Waals surface area contributed by atoms with Gasteiger partial charge in [0.15, 0.2) is 0 Å². The smallest absolute Gasteiger partial charge is 0.323 e. The fraction of sp³-hybridized carbons (Fsp3) is 0.900. The Bertz CT molecular complexity index is 172. The molecule has 3 nitrogen and oxygen atoms in total. The van der Waals surface area contributed by atoms with Crippen molar-refractivity contribution >= 4 is 17.7 Å². The zero-order chi connectivity index (χ0) is 11.0. The Labute approximate surface area is 90.4 Å². The molecule has 0 fully saturated rings. The van der Waals surface area contributed by atoms with Crippen molar-refractivity contribution in [2.45, 2.75) is 45.1 Å². The molecule has 0 radical (unpaired) electrons. The van der Waals surface area contributed by atoms with E-state index in [1.165, 1.54) is 18.6 Å². The number of thioether (sulfide) groups is 1. The van der Waals surface area contributed by atoms with Gasteiger partial charge < -0.3 is 10.8 Å². The van der Waals surface area contributed by atoms with Gasteiger partial charge in [-0.1, -0.05) is 13.3 Å². The van der Waals surface area contributed by atoms with Crippen LogP contribution in [0.15, 0.2) is 0 Å². The summed E-state index contributed by atoms with van der Waals surface area (Å²) >= 11 is 1.88. The summed E-state index contributed by atoms with van der Waals surface area (Å²) in [6, 6.07) is 0. The molecular formula is C10H21NO2S. The summed E-state index contributed by atoms with van der Waals surface area (Å²) in [4.78, 5) is 10.7. The van der Waals surface area contributed by atoms with Gasteiger partial charge >= 0.3 is 5.97 Å². The van der Waals surface area contributed by atoms with Crippen LogP contribution in [0.4, 0.5) is 0 Å². The molecule has 0 spiro atoms. The summed E-state index contributed by atoms with van der Waals surface area (Å²) in [5.41, 5.74) is 4.54. The van der Waals surface area contributed by atoms with Crippen molar-refractivity contribution in [3.63, 3.8) is 0 Å². The Kier molecular flexibility index (Phi) is 7.01. The molecule has 0 aromatic rings. The molecule has 1 atom stereocenters. The minimum Gasteiger partial charge on any atom is -0.480 e. The van der Waals surface area contributed by atoms with Crippen molar-refractivity contribution in [2.75, 3.05) is 11.5 Å². The molecule has 84 valence electrons. The lowest BCUT2D eigenvalue weighted by atomic mass is 9.98. The van der Waals surface area contributed by atoms with Crippen LogP contribution in [0.5, 0.6) is 0 Å². The highest BCUT2D eigenvalue weighted by Gasteiger charge is 2.26. The molecule has 0 saturated carbocycles. The van der Waals surface area contributed by atoms with E-state index >= 15 is 0 Å². The van der Waals surface area contributed by atoms with Gasteiger partial charge in [-0.2, -0.15) is 11.8 Å². The van der Waals surface area contributed by atoms with Crippen LogP contribution < -0.4 is 5.73 Å². The molecule has 14 heavy (non-hydrogen) atoms. The fourth-order valence-corrected chi connectivity index (χ4v) is 2.04. The van der Waals surface area contributed by atoms with Crippen LogP contribution >= 0.6 is 11.8 Å². The number of carboxylic acids is 1. The summed E-state index contributed by atoms with van der Waals surface area (Å²) in [5, 5.41) is 8.75. The monoisotopic (exact) mass is 219 g/mol. The van der Waals surface area contributed by atoms with Crippen LogP contribution in [-0.2, 0) is 4.79 Å². The van der Waals surface area contributed by atoms with E-state index in [0.29, 0.717) is 6.42 Å². The number of carbonyl (C=O) groups is 1. The fourth-order valence-electron chi connectivity index (χ4n) is 0.997. The number of hydrogen-bond donors (Lipinski definition) is 2. The van der Waals surface area contributed by atoms with Crippen LogP contribution in [0.3, 0.4) is 0 Å². The van der Waals surface area contributed by atoms with E-state index in [1.54, 1.807) is 6.92 Å². The quantitative estimate of drug-likeness (QED) is 0.614. The third kappa shape index (κ3) is 6.27. The largest absolute Gasteiger partial charge is 0.480 e. The van der Waals surface area contributed by atoms with Crippen molar-refractivity contribution in [3.8, 4) is 0 Å². The Hall–Kier alpha value is -0.220. The van der Waals surface area contributed by atoms with Crippen LogP contribution in [-0.4, -0.2) is 28.1 Å². The molecule has 0 aromatic carbocycles. The minimum absolute atomic E-state index is 0.557. The van der Waals surface area contributed by atoms with Crippen LogP contribution in [0, 0.1) is 0 Å². The van der Waals surface area contributed by atoms with Gasteiger partial charge in [-0.15, -0.1) is 0 Å². The summed E-state index contributed by atoms with van der Waals surface area (Å²) in [6.07, 6.45) is 3.90. The lowest BCUT2D eigenvalue weighted by Gasteiger charge is -2.18. The van der Waals surface area contributed by atoms with E-state index in [1.807, 2.05) is 11.8 Å². The lowest BCUT2D eigenvalue weighted by molar-refractivity contribution is -0.142. The second-order valence-electron chi connectivity index (χ2n) is 3.79. The Morgan fingerprint density at radius 2 is 2.00 bits per heavy atom. The second kappa shape index (κ2) is 7.12. The standard InChI is InChI=1S/C10H21NO2S/c1-3-4-7-14-8-5-6-10(2,11)9(12)13/h3-8,11H2,1-2H3,(H,12,13). The maximum atomic E-state index is 10.7. The van der Waals surface area contributed by atoms with E-state index in [0.717, 1.165) is 12.2 Å². The first kappa shape index (κ1) is 13.8. The Balaban J connectivity index is 3.40. The van der Waals surface area contributed by atoms with Crippen molar-refractivity contribution in [2.24, 2.45) is 5.73 Å². The minimum atomic E-state index is -1.05. The van der Waals surface area contributed by atoms with Gasteiger partial charge in [0.05, 0.1) is 0 Å². The van der Waals surface area contributed by atoms with Gasteiger partial charge in [0, 0.05) is 0 Å². The molecular weight excluding hydrogens is 198 g/mol. The highest BCUT2D eigenvalue weighted by molar-refractivity contribution is 7.99. The molecule has 0 aliphatic rings. The van der Waals surface area contributed by atoms with Gasteiger partial charge in [0.25, 0.3) is 0 Å². The van der Waals surface area contributed by atoms with Gasteiger partial charge in [-0.3, -0.25) is 4.79 Å². The molecule has 0 heterocycles. The number of hydrogen-bond acceptors (Lipinski definition) is 3. The summed E-state index contributed by atoms with van der Waals surface area (Å²) in [7, 11) is 0. The van der Waals surface area contributed by atoms with Crippen LogP contribution in [0.25, 0.3) is 0 Å². The average Bonchev–Trinajstić information content (AvgIpc) is 2.10. The molecule has 0 aliphatic carbocycles. The zero-order valence-electron chi connectivity index (χ0n) is 9.08. The number of unbranched alkanes of at least 4 members (excludes halogenated alkanes) is 1. The number of rotatable bonds is 8. The van der Waals surface area contributed by atoms with Crippen molar-refractivity contribution < 1.29 is 9.90 Å². The number of carboxylic acid groups (broad SMARTS) is 1. The summed E-state index contributed by atoms with van der Waals surface area (Å²) < 4.78 is 0. The first-order chi connectivity index (χ1) is 6.50. The van der Waals surface area contributed by atoms with Gasteiger partial charge in [0.2, 0.25) is 0 Å². The van der Waals surface area contributed by atoms with E-state index in [2.05, 4.69) is 6.92 Å².